The van der Waals surface area contributed by atoms with Gasteiger partial charge in [0.25, 0.3) is 0 Å². The number of urea groups is 1. The monoisotopic (exact) mass is 248 g/mol. The highest BCUT2D eigenvalue weighted by molar-refractivity contribution is 5.82. The van der Waals surface area contributed by atoms with E-state index in [2.05, 4.69) is 10.6 Å². The molecule has 0 radical (unpaired) electrons. The average Bonchev–Trinajstić information content (AvgIpc) is 2.24. The van der Waals surface area contributed by atoms with Crippen LogP contribution in [-0.4, -0.2) is 54.6 Å². The number of methoxy groups -OCH3 is 1. The van der Waals surface area contributed by atoms with Gasteiger partial charge in [0.15, 0.2) is 6.04 Å². The lowest BCUT2D eigenvalue weighted by molar-refractivity contribution is -0.141. The lowest BCUT2D eigenvalue weighted by Crippen LogP contribution is -2.51. The first-order valence-electron chi connectivity index (χ1n) is 5.43. The minimum atomic E-state index is -1.30. The molecule has 0 aliphatic heterocycles. The van der Waals surface area contributed by atoms with Gasteiger partial charge in [-0.25, -0.2) is 9.59 Å². The number of aliphatic carboxylic acids is 1. The van der Waals surface area contributed by atoms with Crippen LogP contribution in [0.5, 0.6) is 0 Å². The quantitative estimate of drug-likeness (QED) is 0.435. The third-order valence-electron chi connectivity index (χ3n) is 2.10. The van der Waals surface area contributed by atoms with E-state index in [-0.39, 0.29) is 0 Å². The largest absolute Gasteiger partial charge is 0.480 e. The molecule has 0 rings (SSSR count). The minimum Gasteiger partial charge on any atom is -0.480 e. The predicted molar refractivity (Wildman–Crippen MR) is 60.7 cm³/mol. The van der Waals surface area contributed by atoms with Crippen LogP contribution in [0.4, 0.5) is 4.79 Å². The molecule has 0 bridgehead atoms. The van der Waals surface area contributed by atoms with Crippen LogP contribution in [0, 0.1) is 0 Å². The topological polar surface area (TPSA) is 108 Å². The van der Waals surface area contributed by atoms with E-state index >= 15 is 0 Å². The molecule has 4 N–H and O–H groups in total. The number of hydrogen-bond acceptors (Lipinski definition) is 4. The smallest absolute Gasteiger partial charge is 0.328 e. The molecule has 0 aliphatic carbocycles. The summed E-state index contributed by atoms with van der Waals surface area (Å²) in [5, 5.41) is 22.5. The van der Waals surface area contributed by atoms with Crippen molar-refractivity contribution < 1.29 is 24.5 Å². The average molecular weight is 248 g/mol. The van der Waals surface area contributed by atoms with Crippen LogP contribution in [-0.2, 0) is 9.53 Å². The molecule has 0 fully saturated rings. The summed E-state index contributed by atoms with van der Waals surface area (Å²) in [6.45, 7) is 2.35. The first kappa shape index (κ1) is 15.7. The molecule has 0 saturated heterocycles. The Bertz CT molecular complexity index is 245. The molecule has 0 aromatic rings. The van der Waals surface area contributed by atoms with Crippen LogP contribution in [0.2, 0.25) is 0 Å². The Hall–Kier alpha value is -1.34. The van der Waals surface area contributed by atoms with Crippen LogP contribution in [0.25, 0.3) is 0 Å². The highest BCUT2D eigenvalue weighted by atomic mass is 16.5. The van der Waals surface area contributed by atoms with Crippen molar-refractivity contribution in [2.45, 2.75) is 31.9 Å². The summed E-state index contributed by atoms with van der Waals surface area (Å²) in [6, 6.07) is -1.90. The summed E-state index contributed by atoms with van der Waals surface area (Å²) in [5.74, 6) is -1.27. The molecule has 7 nitrogen and oxygen atoms in total. The summed E-state index contributed by atoms with van der Waals surface area (Å²) in [4.78, 5) is 21.9. The Kier molecular flexibility index (Phi) is 8.08. The number of ether oxygens (including phenoxy) is 1. The summed E-state index contributed by atoms with van der Waals surface area (Å²) < 4.78 is 4.84. The Morgan fingerprint density at radius 3 is 2.47 bits per heavy atom. The number of amides is 2. The Morgan fingerprint density at radius 1 is 1.35 bits per heavy atom. The van der Waals surface area contributed by atoms with Crippen LogP contribution < -0.4 is 10.6 Å². The zero-order chi connectivity index (χ0) is 13.3. The molecular weight excluding hydrogens is 228 g/mol. The minimum absolute atomic E-state index is 0.432. The van der Waals surface area contributed by atoms with Crippen molar-refractivity contribution in [3.63, 3.8) is 0 Å². The summed E-state index contributed by atoms with van der Waals surface area (Å²) >= 11 is 0. The van der Waals surface area contributed by atoms with Crippen molar-refractivity contribution in [3.05, 3.63) is 0 Å². The van der Waals surface area contributed by atoms with E-state index < -0.39 is 24.1 Å². The molecule has 0 saturated carbocycles. The number of aliphatic hydroxyl groups is 1. The molecule has 7 heteroatoms. The molecule has 0 aliphatic rings. The van der Waals surface area contributed by atoms with Crippen molar-refractivity contribution in [2.24, 2.45) is 0 Å². The SMILES string of the molecule is COCCCCNC(=O)N[C@H](C(=O)O)[C@@H](C)O. The van der Waals surface area contributed by atoms with Crippen molar-refractivity contribution in [1.82, 2.24) is 10.6 Å². The fraction of sp³-hybridized carbons (Fsp3) is 0.800. The van der Waals surface area contributed by atoms with Gasteiger partial charge in [-0.15, -0.1) is 0 Å². The lowest BCUT2D eigenvalue weighted by atomic mass is 10.2. The van der Waals surface area contributed by atoms with Gasteiger partial charge in [0.2, 0.25) is 0 Å². The van der Waals surface area contributed by atoms with E-state index in [4.69, 9.17) is 14.9 Å². The van der Waals surface area contributed by atoms with E-state index in [1.807, 2.05) is 0 Å². The van der Waals surface area contributed by atoms with Gasteiger partial charge in [-0.1, -0.05) is 0 Å². The number of hydrogen-bond donors (Lipinski definition) is 4. The zero-order valence-corrected chi connectivity index (χ0v) is 10.1. The first-order chi connectivity index (χ1) is 7.99. The number of carbonyl (C=O) groups excluding carboxylic acids is 1. The third kappa shape index (κ3) is 7.53. The highest BCUT2D eigenvalue weighted by Gasteiger charge is 2.24. The molecule has 0 aromatic heterocycles. The zero-order valence-electron chi connectivity index (χ0n) is 10.1. The van der Waals surface area contributed by atoms with E-state index in [1.165, 1.54) is 6.92 Å². The fourth-order valence-electron chi connectivity index (χ4n) is 1.15. The maximum atomic E-state index is 11.3. The fourth-order valence-corrected chi connectivity index (χ4v) is 1.15. The second-order valence-corrected chi connectivity index (χ2v) is 3.66. The molecule has 2 atom stereocenters. The summed E-state index contributed by atoms with van der Waals surface area (Å²) in [7, 11) is 1.60. The summed E-state index contributed by atoms with van der Waals surface area (Å²) in [5.41, 5.74) is 0. The molecule has 0 spiro atoms. The van der Waals surface area contributed by atoms with Gasteiger partial charge in [-0.2, -0.15) is 0 Å². The normalized spacial score (nSPS) is 13.8. The molecule has 100 valence electrons. The van der Waals surface area contributed by atoms with E-state index in [0.717, 1.165) is 12.8 Å². The van der Waals surface area contributed by atoms with Crippen LogP contribution in [0.1, 0.15) is 19.8 Å². The van der Waals surface area contributed by atoms with Gasteiger partial charge in [-0.05, 0) is 19.8 Å². The first-order valence-corrected chi connectivity index (χ1v) is 5.43. The van der Waals surface area contributed by atoms with Gasteiger partial charge in [0.1, 0.15) is 0 Å². The van der Waals surface area contributed by atoms with Gasteiger partial charge in [0.05, 0.1) is 6.10 Å². The second kappa shape index (κ2) is 8.77. The van der Waals surface area contributed by atoms with Crippen molar-refractivity contribution in [2.75, 3.05) is 20.3 Å². The van der Waals surface area contributed by atoms with Gasteiger partial charge in [-0.3, -0.25) is 0 Å². The van der Waals surface area contributed by atoms with Gasteiger partial charge in [0, 0.05) is 20.3 Å². The number of carbonyl (C=O) groups is 2. The molecule has 2 amide bonds. The Morgan fingerprint density at radius 2 is 2.00 bits per heavy atom. The molecule has 0 unspecified atom stereocenters. The molecule has 0 aromatic carbocycles. The Balaban J connectivity index is 3.80. The number of aliphatic hydroxyl groups excluding tert-OH is 1. The maximum absolute atomic E-state index is 11.3. The van der Waals surface area contributed by atoms with Crippen molar-refractivity contribution >= 4 is 12.0 Å². The standard InChI is InChI=1S/C10H20N2O5/c1-7(13)8(9(14)15)12-10(16)11-5-3-4-6-17-2/h7-8,13H,3-6H2,1-2H3,(H,14,15)(H2,11,12,16)/t7-,8+/m1/s1. The summed E-state index contributed by atoms with van der Waals surface area (Å²) in [6.07, 6.45) is 0.412. The van der Waals surface area contributed by atoms with E-state index in [0.29, 0.717) is 13.2 Å². The van der Waals surface area contributed by atoms with E-state index in [1.54, 1.807) is 7.11 Å². The predicted octanol–water partition coefficient (Wildman–Crippen LogP) is -0.454. The molecule has 17 heavy (non-hydrogen) atoms. The number of nitrogens with one attached hydrogen (secondary N) is 2. The van der Waals surface area contributed by atoms with Gasteiger partial charge >= 0.3 is 12.0 Å². The second-order valence-electron chi connectivity index (χ2n) is 3.66. The van der Waals surface area contributed by atoms with Gasteiger partial charge < -0.3 is 25.6 Å². The van der Waals surface area contributed by atoms with Crippen molar-refractivity contribution in [3.8, 4) is 0 Å². The van der Waals surface area contributed by atoms with Crippen molar-refractivity contribution in [1.29, 1.82) is 0 Å². The lowest BCUT2D eigenvalue weighted by Gasteiger charge is -2.17. The van der Waals surface area contributed by atoms with Crippen LogP contribution in [0.15, 0.2) is 0 Å². The van der Waals surface area contributed by atoms with Crippen LogP contribution in [0.3, 0.4) is 0 Å². The Labute approximate surface area is 100 Å². The van der Waals surface area contributed by atoms with Crippen LogP contribution >= 0.6 is 0 Å². The molecule has 0 heterocycles. The number of rotatable bonds is 8. The number of carboxylic acids is 1. The van der Waals surface area contributed by atoms with E-state index in [9.17, 15) is 9.59 Å². The third-order valence-corrected chi connectivity index (χ3v) is 2.10. The highest BCUT2D eigenvalue weighted by Crippen LogP contribution is 1.93. The molecular formula is C10H20N2O5. The number of unbranched alkanes of at least 4 members (excludes halogenated alkanes) is 1. The number of carboxylic acid groups (broad SMARTS) is 1. The maximum Gasteiger partial charge on any atom is 0.328 e.